The van der Waals surface area contributed by atoms with Gasteiger partial charge in [-0.25, -0.2) is 0 Å². The van der Waals surface area contributed by atoms with Gasteiger partial charge in [0.05, 0.1) is 35.8 Å². The van der Waals surface area contributed by atoms with Crippen molar-refractivity contribution in [3.63, 3.8) is 0 Å². The highest BCUT2D eigenvalue weighted by atomic mass is 32.2. The third-order valence-corrected chi connectivity index (χ3v) is 12.0. The molecule has 1 aliphatic carbocycles. The second-order valence-corrected chi connectivity index (χ2v) is 14.6. The average Bonchev–Trinajstić information content (AvgIpc) is 3.58. The largest absolute Gasteiger partial charge is 0.465 e. The first kappa shape index (κ1) is 30.9. The first-order valence-corrected chi connectivity index (χ1v) is 16.5. The number of ether oxygens (including phenoxy) is 1. The molecule has 1 spiro atoms. The summed E-state index contributed by atoms with van der Waals surface area (Å²) in [6.45, 7) is 10.2. The van der Waals surface area contributed by atoms with Crippen molar-refractivity contribution in [3.8, 4) is 0 Å². The van der Waals surface area contributed by atoms with Gasteiger partial charge < -0.3 is 19.6 Å². The van der Waals surface area contributed by atoms with Gasteiger partial charge in [-0.2, -0.15) is 0 Å². The number of aliphatic hydroxyl groups is 1. The van der Waals surface area contributed by atoms with Crippen LogP contribution in [-0.2, 0) is 25.5 Å². The second-order valence-electron chi connectivity index (χ2n) is 12.7. The highest BCUT2D eigenvalue weighted by molar-refractivity contribution is 8.02. The number of hydrogen-bond donors (Lipinski definition) is 1. The summed E-state index contributed by atoms with van der Waals surface area (Å²) in [6, 6.07) is 8.54. The summed E-state index contributed by atoms with van der Waals surface area (Å²) in [5.74, 6) is -1.91. The first-order chi connectivity index (χ1) is 20.3. The van der Waals surface area contributed by atoms with Crippen LogP contribution >= 0.6 is 11.8 Å². The molecule has 3 saturated heterocycles. The van der Waals surface area contributed by atoms with Crippen LogP contribution in [0.5, 0.6) is 0 Å². The van der Waals surface area contributed by atoms with E-state index in [0.29, 0.717) is 25.8 Å². The van der Waals surface area contributed by atoms with Crippen LogP contribution in [0.3, 0.4) is 0 Å². The van der Waals surface area contributed by atoms with E-state index in [1.165, 1.54) is 6.42 Å². The summed E-state index contributed by atoms with van der Waals surface area (Å²) >= 11 is 1.66. The van der Waals surface area contributed by atoms with Gasteiger partial charge in [0.1, 0.15) is 6.04 Å². The van der Waals surface area contributed by atoms with E-state index in [-0.39, 0.29) is 37.0 Å². The maximum absolute atomic E-state index is 14.9. The molecule has 2 bridgehead atoms. The lowest BCUT2D eigenvalue weighted by Crippen LogP contribution is -2.59. The average molecular weight is 595 g/mol. The summed E-state index contributed by atoms with van der Waals surface area (Å²) in [4.78, 5) is 46.9. The van der Waals surface area contributed by atoms with Crippen molar-refractivity contribution in [2.24, 2.45) is 11.8 Å². The Morgan fingerprint density at radius 3 is 2.57 bits per heavy atom. The number of thioether (sulfide) groups is 1. The zero-order valence-electron chi connectivity index (χ0n) is 24.9. The molecule has 3 heterocycles. The molecule has 2 unspecified atom stereocenters. The molecule has 6 atom stereocenters. The van der Waals surface area contributed by atoms with Gasteiger partial charge in [0, 0.05) is 17.3 Å². The Hall–Kier alpha value is -2.58. The Bertz CT molecular complexity index is 1170. The molecule has 228 valence electrons. The molecule has 0 aromatic heterocycles. The molecule has 0 radical (unpaired) electrons. The number of amides is 2. The van der Waals surface area contributed by atoms with E-state index in [4.69, 9.17) is 4.74 Å². The summed E-state index contributed by atoms with van der Waals surface area (Å²) < 4.78 is 4.54. The maximum Gasteiger partial charge on any atom is 0.311 e. The zero-order valence-corrected chi connectivity index (χ0v) is 25.7. The lowest BCUT2D eigenvalue weighted by atomic mass is 9.66. The van der Waals surface area contributed by atoms with Crippen LogP contribution in [0.15, 0.2) is 55.6 Å². The lowest BCUT2D eigenvalue weighted by molar-refractivity contribution is -0.156. The molecule has 7 nitrogen and oxygen atoms in total. The van der Waals surface area contributed by atoms with Gasteiger partial charge in [-0.15, -0.1) is 24.9 Å². The number of esters is 1. The number of benzene rings is 1. The van der Waals surface area contributed by atoms with Gasteiger partial charge in [-0.3, -0.25) is 14.4 Å². The number of hydrogen-bond acceptors (Lipinski definition) is 6. The monoisotopic (exact) mass is 594 g/mol. The molecule has 4 aliphatic rings. The third kappa shape index (κ3) is 5.45. The summed E-state index contributed by atoms with van der Waals surface area (Å²) in [7, 11) is 0. The molecule has 3 aliphatic heterocycles. The van der Waals surface area contributed by atoms with Crippen molar-refractivity contribution in [1.29, 1.82) is 0 Å². The minimum absolute atomic E-state index is 0.0686. The number of fused-ring (bicyclic) bond motifs is 1. The predicted octanol–water partition coefficient (Wildman–Crippen LogP) is 4.93. The van der Waals surface area contributed by atoms with E-state index in [1.54, 1.807) is 28.8 Å². The van der Waals surface area contributed by atoms with Crippen molar-refractivity contribution >= 4 is 29.5 Å². The maximum atomic E-state index is 14.9. The number of allylic oxidation sites excluding steroid dienone is 1. The first-order valence-electron chi connectivity index (χ1n) is 15.7. The predicted molar refractivity (Wildman–Crippen MR) is 166 cm³/mol. The fraction of sp³-hybridized carbons (Fsp3) is 0.618. The van der Waals surface area contributed by atoms with Crippen LogP contribution in [0.4, 0.5) is 0 Å². The van der Waals surface area contributed by atoms with Crippen molar-refractivity contribution in [2.45, 2.75) is 98.8 Å². The zero-order chi connectivity index (χ0) is 29.9. The number of likely N-dealkylation sites (tertiary alicyclic amines) is 1. The highest BCUT2D eigenvalue weighted by Crippen LogP contribution is 2.72. The van der Waals surface area contributed by atoms with Gasteiger partial charge >= 0.3 is 5.97 Å². The fourth-order valence-electron chi connectivity index (χ4n) is 8.13. The number of carbonyl (C=O) groups excluding carboxylic acids is 3. The van der Waals surface area contributed by atoms with E-state index in [0.717, 1.165) is 44.1 Å². The molecule has 5 rings (SSSR count). The van der Waals surface area contributed by atoms with Gasteiger partial charge in [0.15, 0.2) is 0 Å². The van der Waals surface area contributed by atoms with Crippen molar-refractivity contribution < 1.29 is 24.2 Å². The van der Waals surface area contributed by atoms with Crippen LogP contribution in [0, 0.1) is 11.8 Å². The summed E-state index contributed by atoms with van der Waals surface area (Å²) in [6.07, 6.45) is 12.0. The number of carbonyl (C=O) groups is 3. The highest BCUT2D eigenvalue weighted by Gasteiger charge is 2.78. The molecular weight excluding hydrogens is 548 g/mol. The number of rotatable bonds is 13. The minimum Gasteiger partial charge on any atom is -0.465 e. The summed E-state index contributed by atoms with van der Waals surface area (Å²) in [5.41, 5.74) is 0.988. The Labute approximate surface area is 254 Å². The molecule has 1 aromatic rings. The number of nitrogens with zero attached hydrogens (tertiary/aromatic N) is 2. The Balaban J connectivity index is 1.54. The van der Waals surface area contributed by atoms with Crippen molar-refractivity contribution in [3.05, 3.63) is 61.2 Å². The van der Waals surface area contributed by atoms with Crippen molar-refractivity contribution in [1.82, 2.24) is 9.80 Å². The molecule has 1 aromatic carbocycles. The van der Waals surface area contributed by atoms with E-state index in [2.05, 4.69) is 20.1 Å². The summed E-state index contributed by atoms with van der Waals surface area (Å²) in [5, 5.41) is 10.7. The smallest absolute Gasteiger partial charge is 0.311 e. The van der Waals surface area contributed by atoms with E-state index >= 15 is 0 Å². The standard InChI is InChI=1S/C34H46N2O5S/c1-4-6-13-21-41-32(40)28-27-30(38)36(26(23-37)22-24-14-9-7-10-15-24)29(34(27)19-18-33(28,3)42-34)31(39)35(20-5-2)25-16-11-8-12-17-25/h4-5,7,9-10,14-15,25-29,37H,1-2,6,8,11-13,16-23H2,3H3/t26-,27+,28+,29?,33-,34?/m1/s1. The quantitative estimate of drug-likeness (QED) is 0.198. The molecule has 1 saturated carbocycles. The van der Waals surface area contributed by atoms with Gasteiger partial charge in [0.2, 0.25) is 11.8 Å². The molecule has 4 fully saturated rings. The van der Waals surface area contributed by atoms with E-state index in [1.807, 2.05) is 35.2 Å². The van der Waals surface area contributed by atoms with E-state index in [9.17, 15) is 19.5 Å². The van der Waals surface area contributed by atoms with Gasteiger partial charge in [-0.1, -0.05) is 61.7 Å². The Kier molecular flexibility index (Phi) is 9.53. The molecule has 2 amide bonds. The topological polar surface area (TPSA) is 87.1 Å². The van der Waals surface area contributed by atoms with Crippen molar-refractivity contribution in [2.75, 3.05) is 19.8 Å². The van der Waals surface area contributed by atoms with Crippen LogP contribution in [0.1, 0.15) is 70.3 Å². The Morgan fingerprint density at radius 1 is 1.17 bits per heavy atom. The fourth-order valence-corrected chi connectivity index (χ4v) is 10.5. The normalized spacial score (nSPS) is 31.0. The van der Waals surface area contributed by atoms with E-state index < -0.39 is 33.4 Å². The number of aliphatic hydroxyl groups excluding tert-OH is 1. The third-order valence-electron chi connectivity index (χ3n) is 10.0. The SMILES string of the molecule is C=CCCCOC(=O)[C@@H]1[C@H]2C(=O)N([C@@H](CO)Cc3ccccc3)C(C(=O)N(CC=C)C3CCCCC3)C23CC[C@@]1(C)S3. The molecule has 42 heavy (non-hydrogen) atoms. The molecule has 8 heteroatoms. The van der Waals surface area contributed by atoms with Gasteiger partial charge in [-0.05, 0) is 57.4 Å². The lowest BCUT2D eigenvalue weighted by Gasteiger charge is -2.42. The van der Waals surface area contributed by atoms with Crippen LogP contribution < -0.4 is 0 Å². The van der Waals surface area contributed by atoms with Crippen LogP contribution in [0.25, 0.3) is 0 Å². The van der Waals surface area contributed by atoms with Crippen LogP contribution in [-0.4, -0.2) is 80.1 Å². The molecular formula is C34H46N2O5S. The minimum atomic E-state index is -0.761. The number of unbranched alkanes of at least 4 members (excludes halogenated alkanes) is 1. The molecule has 1 N–H and O–H groups in total. The van der Waals surface area contributed by atoms with Gasteiger partial charge in [0.25, 0.3) is 0 Å². The second kappa shape index (κ2) is 13.0. The Morgan fingerprint density at radius 2 is 1.90 bits per heavy atom. The van der Waals surface area contributed by atoms with Crippen LogP contribution in [0.2, 0.25) is 0 Å².